The number of ether oxygens (including phenoxy) is 2. The van der Waals surface area contributed by atoms with Gasteiger partial charge in [0, 0.05) is 30.9 Å². The Hall–Kier alpha value is -2.60. The molecule has 28 heavy (non-hydrogen) atoms. The molecule has 0 saturated carbocycles. The fraction of sp³-hybridized carbons (Fsp3) is 0.455. The van der Waals surface area contributed by atoms with Gasteiger partial charge >= 0.3 is 0 Å². The van der Waals surface area contributed by atoms with Gasteiger partial charge in [-0.15, -0.1) is 0 Å². The van der Waals surface area contributed by atoms with Gasteiger partial charge in [0.15, 0.2) is 17.3 Å². The topological polar surface area (TPSA) is 84.9 Å². The van der Waals surface area contributed by atoms with Gasteiger partial charge in [0.25, 0.3) is 0 Å². The number of carbonyl (C=O) groups is 2. The van der Waals surface area contributed by atoms with E-state index in [0.717, 1.165) is 16.7 Å². The van der Waals surface area contributed by atoms with Crippen LogP contribution < -0.4 is 14.8 Å². The third kappa shape index (κ3) is 3.56. The average Bonchev–Trinajstić information content (AvgIpc) is 2.90. The molecule has 0 radical (unpaired) electrons. The second kappa shape index (κ2) is 8.19. The van der Waals surface area contributed by atoms with E-state index in [1.807, 2.05) is 18.2 Å². The summed E-state index contributed by atoms with van der Waals surface area (Å²) in [5.41, 5.74) is 4.20. The number of benzene rings is 1. The Morgan fingerprint density at radius 3 is 2.64 bits per heavy atom. The highest BCUT2D eigenvalue weighted by Gasteiger charge is 2.36. The number of allylic oxidation sites excluding steroid dienone is 3. The van der Waals surface area contributed by atoms with Crippen LogP contribution in [0.3, 0.4) is 0 Å². The molecular formula is C22H27NO5. The van der Waals surface area contributed by atoms with Crippen LogP contribution in [-0.4, -0.2) is 37.1 Å². The van der Waals surface area contributed by atoms with Gasteiger partial charge in [0.1, 0.15) is 0 Å². The van der Waals surface area contributed by atoms with Crippen LogP contribution in [0.5, 0.6) is 11.5 Å². The van der Waals surface area contributed by atoms with Gasteiger partial charge in [-0.3, -0.25) is 9.59 Å². The van der Waals surface area contributed by atoms with Gasteiger partial charge < -0.3 is 19.9 Å². The first-order chi connectivity index (χ1) is 13.4. The molecule has 1 unspecified atom stereocenters. The van der Waals surface area contributed by atoms with E-state index in [-0.39, 0.29) is 30.3 Å². The Labute approximate surface area is 165 Å². The van der Waals surface area contributed by atoms with Crippen molar-refractivity contribution < 1.29 is 24.2 Å². The fourth-order valence-corrected chi connectivity index (χ4v) is 4.31. The van der Waals surface area contributed by atoms with Gasteiger partial charge in [-0.2, -0.15) is 0 Å². The van der Waals surface area contributed by atoms with Crippen LogP contribution in [0.4, 0.5) is 0 Å². The molecule has 2 aliphatic carbocycles. The molecule has 0 bridgehead atoms. The number of nitrogens with one attached hydrogen (secondary N) is 1. The molecule has 150 valence electrons. The molecule has 0 heterocycles. The first-order valence-corrected chi connectivity index (χ1v) is 9.48. The van der Waals surface area contributed by atoms with E-state index in [9.17, 15) is 14.7 Å². The summed E-state index contributed by atoms with van der Waals surface area (Å²) in [6, 6.07) is 1.77. The summed E-state index contributed by atoms with van der Waals surface area (Å²) >= 11 is 0. The standard InChI is InChI=1S/C22H27NO5/c1-12-5-7-15-16(10-19(12)26)18(23-13(2)25)8-6-14-9-20(27-3)22(28-4)17(11-24)21(14)15/h5,7,9,16,18,24H,6,8,10-11H2,1-4H3,(H,23,25)/t16?,18-/m0/s1. The number of rotatable bonds is 4. The van der Waals surface area contributed by atoms with Crippen molar-refractivity contribution in [2.24, 2.45) is 5.92 Å². The maximum absolute atomic E-state index is 12.6. The number of Topliss-reactive ketones (excluding diaryl/α,β-unsaturated/α-hetero) is 1. The molecule has 1 aromatic carbocycles. The van der Waals surface area contributed by atoms with Crippen molar-refractivity contribution in [3.63, 3.8) is 0 Å². The number of ketones is 1. The second-order valence-corrected chi connectivity index (χ2v) is 7.33. The number of aliphatic hydroxyl groups is 1. The van der Waals surface area contributed by atoms with Crippen LogP contribution in [0, 0.1) is 5.92 Å². The minimum absolute atomic E-state index is 0.0704. The molecule has 2 N–H and O–H groups in total. The number of fused-ring (bicyclic) bond motifs is 3. The molecular weight excluding hydrogens is 358 g/mol. The lowest BCUT2D eigenvalue weighted by Crippen LogP contribution is -2.40. The van der Waals surface area contributed by atoms with E-state index >= 15 is 0 Å². The lowest BCUT2D eigenvalue weighted by molar-refractivity contribution is -0.121. The first kappa shape index (κ1) is 20.1. The molecule has 6 heteroatoms. The van der Waals surface area contributed by atoms with Gasteiger partial charge in [-0.25, -0.2) is 0 Å². The largest absolute Gasteiger partial charge is 0.493 e. The molecule has 1 amide bonds. The van der Waals surface area contributed by atoms with E-state index in [1.54, 1.807) is 21.1 Å². The molecule has 0 aliphatic heterocycles. The molecule has 2 aliphatic rings. The highest BCUT2D eigenvalue weighted by Crippen LogP contribution is 2.46. The Morgan fingerprint density at radius 2 is 2.04 bits per heavy atom. The van der Waals surface area contributed by atoms with Crippen LogP contribution in [0.25, 0.3) is 5.57 Å². The van der Waals surface area contributed by atoms with Crippen LogP contribution in [0.1, 0.15) is 43.4 Å². The molecule has 3 rings (SSSR count). The Kier molecular flexibility index (Phi) is 5.89. The third-order valence-electron chi connectivity index (χ3n) is 5.65. The average molecular weight is 385 g/mol. The van der Waals surface area contributed by atoms with Gasteiger partial charge in [-0.1, -0.05) is 12.2 Å². The Bertz CT molecular complexity index is 868. The number of hydrogen-bond acceptors (Lipinski definition) is 5. The number of hydrogen-bond donors (Lipinski definition) is 2. The van der Waals surface area contributed by atoms with Crippen molar-refractivity contribution in [1.29, 1.82) is 0 Å². The SMILES string of the molecule is COc1cc2c(c(CO)c1OC)C1=CC=C(C)C(=O)CC1[C@@H](NC(C)=O)CC2. The highest BCUT2D eigenvalue weighted by molar-refractivity contribution is 5.98. The quantitative estimate of drug-likeness (QED) is 0.832. The van der Waals surface area contributed by atoms with Gasteiger partial charge in [0.2, 0.25) is 5.91 Å². The van der Waals surface area contributed by atoms with Crippen LogP contribution in [0.2, 0.25) is 0 Å². The molecule has 0 aromatic heterocycles. The maximum atomic E-state index is 12.6. The molecule has 0 fully saturated rings. The lowest BCUT2D eigenvalue weighted by Gasteiger charge is -2.28. The minimum atomic E-state index is -0.214. The van der Waals surface area contributed by atoms with E-state index < -0.39 is 0 Å². The number of amides is 1. The molecule has 1 aromatic rings. The smallest absolute Gasteiger partial charge is 0.217 e. The number of carbonyl (C=O) groups excluding carboxylic acids is 2. The molecule has 6 nitrogen and oxygen atoms in total. The van der Waals surface area contributed by atoms with E-state index in [2.05, 4.69) is 5.32 Å². The zero-order valence-electron chi connectivity index (χ0n) is 16.8. The van der Waals surface area contributed by atoms with Crippen LogP contribution >= 0.6 is 0 Å². The fourth-order valence-electron chi connectivity index (χ4n) is 4.31. The van der Waals surface area contributed by atoms with Crippen molar-refractivity contribution >= 4 is 17.3 Å². The summed E-state index contributed by atoms with van der Waals surface area (Å²) in [6.45, 7) is 3.09. The van der Waals surface area contributed by atoms with Crippen molar-refractivity contribution in [2.45, 2.75) is 45.8 Å². The Balaban J connectivity index is 2.26. The highest BCUT2D eigenvalue weighted by atomic mass is 16.5. The Morgan fingerprint density at radius 1 is 1.29 bits per heavy atom. The number of methoxy groups -OCH3 is 2. The third-order valence-corrected chi connectivity index (χ3v) is 5.65. The van der Waals surface area contributed by atoms with E-state index in [0.29, 0.717) is 41.9 Å². The van der Waals surface area contributed by atoms with Crippen molar-refractivity contribution in [1.82, 2.24) is 5.32 Å². The zero-order chi connectivity index (χ0) is 20.4. The predicted octanol–water partition coefficient (Wildman–Crippen LogP) is 2.57. The summed E-state index contributed by atoms with van der Waals surface area (Å²) in [5.74, 6) is 0.847. The van der Waals surface area contributed by atoms with Gasteiger partial charge in [0.05, 0.1) is 20.8 Å². The number of aliphatic hydroxyl groups excluding tert-OH is 1. The summed E-state index contributed by atoms with van der Waals surface area (Å²) in [6.07, 6.45) is 5.49. The van der Waals surface area contributed by atoms with E-state index in [4.69, 9.17) is 9.47 Å². The van der Waals surface area contributed by atoms with E-state index in [1.165, 1.54) is 6.92 Å². The summed E-state index contributed by atoms with van der Waals surface area (Å²) in [7, 11) is 3.12. The lowest BCUT2D eigenvalue weighted by atomic mass is 9.82. The summed E-state index contributed by atoms with van der Waals surface area (Å²) < 4.78 is 11.0. The monoisotopic (exact) mass is 385 g/mol. The predicted molar refractivity (Wildman–Crippen MR) is 106 cm³/mol. The molecule has 2 atom stereocenters. The maximum Gasteiger partial charge on any atom is 0.217 e. The molecule has 0 saturated heterocycles. The molecule has 0 spiro atoms. The first-order valence-electron chi connectivity index (χ1n) is 9.48. The van der Waals surface area contributed by atoms with Crippen LogP contribution in [0.15, 0.2) is 23.8 Å². The summed E-state index contributed by atoms with van der Waals surface area (Å²) in [4.78, 5) is 24.4. The zero-order valence-corrected chi connectivity index (χ0v) is 16.8. The number of aryl methyl sites for hydroxylation is 1. The van der Waals surface area contributed by atoms with Crippen LogP contribution in [-0.2, 0) is 22.6 Å². The van der Waals surface area contributed by atoms with Gasteiger partial charge in [-0.05, 0) is 48.1 Å². The minimum Gasteiger partial charge on any atom is -0.493 e. The second-order valence-electron chi connectivity index (χ2n) is 7.33. The van der Waals surface area contributed by atoms with Crippen molar-refractivity contribution in [3.05, 3.63) is 40.5 Å². The summed E-state index contributed by atoms with van der Waals surface area (Å²) in [5, 5.41) is 13.2. The van der Waals surface area contributed by atoms with Crippen molar-refractivity contribution in [3.8, 4) is 11.5 Å². The normalized spacial score (nSPS) is 21.4. The van der Waals surface area contributed by atoms with Crippen molar-refractivity contribution in [2.75, 3.05) is 14.2 Å².